The number of nitrogens with zero attached hydrogens (tertiary/aromatic N) is 3. The number of carbonyl (C=O) groups is 2. The number of hydrogen-bond donors (Lipinski definition) is 1. The maximum absolute atomic E-state index is 13.4. The summed E-state index contributed by atoms with van der Waals surface area (Å²) < 4.78 is 0. The highest BCUT2D eigenvalue weighted by Gasteiger charge is 2.53. The summed E-state index contributed by atoms with van der Waals surface area (Å²) in [5.41, 5.74) is 0.554. The van der Waals surface area contributed by atoms with Gasteiger partial charge in [-0.05, 0) is 56.8 Å². The van der Waals surface area contributed by atoms with Crippen LogP contribution in [0, 0.1) is 5.92 Å². The van der Waals surface area contributed by atoms with Crippen LogP contribution in [-0.2, 0) is 9.59 Å². The van der Waals surface area contributed by atoms with Crippen LogP contribution < -0.4 is 10.2 Å². The van der Waals surface area contributed by atoms with Crippen LogP contribution in [0.2, 0.25) is 0 Å². The zero-order valence-corrected chi connectivity index (χ0v) is 16.2. The Morgan fingerprint density at radius 3 is 2.48 bits per heavy atom. The van der Waals surface area contributed by atoms with Crippen LogP contribution >= 0.6 is 0 Å². The summed E-state index contributed by atoms with van der Waals surface area (Å²) in [4.78, 5) is 32.2. The summed E-state index contributed by atoms with van der Waals surface area (Å²) >= 11 is 0. The van der Waals surface area contributed by atoms with Gasteiger partial charge in [0.05, 0.1) is 6.67 Å². The van der Waals surface area contributed by atoms with E-state index < -0.39 is 5.54 Å². The second kappa shape index (κ2) is 7.50. The van der Waals surface area contributed by atoms with Crippen LogP contribution in [0.15, 0.2) is 30.3 Å². The van der Waals surface area contributed by atoms with Crippen molar-refractivity contribution >= 4 is 17.5 Å². The molecule has 4 rings (SSSR count). The Morgan fingerprint density at radius 1 is 1.15 bits per heavy atom. The molecule has 0 aromatic heterocycles. The molecule has 3 aliphatic heterocycles. The number of hydrogen-bond acceptors (Lipinski definition) is 4. The Morgan fingerprint density at radius 2 is 1.81 bits per heavy atom. The molecular formula is C21H30N4O2. The number of rotatable bonds is 3. The van der Waals surface area contributed by atoms with Crippen molar-refractivity contribution in [2.24, 2.45) is 5.92 Å². The molecule has 3 saturated heterocycles. The molecule has 3 fully saturated rings. The molecule has 2 amide bonds. The number of carbonyl (C=O) groups excluding carboxylic acids is 2. The van der Waals surface area contributed by atoms with Crippen molar-refractivity contribution in [1.82, 2.24) is 15.1 Å². The normalized spacial score (nSPS) is 23.3. The van der Waals surface area contributed by atoms with Gasteiger partial charge in [0, 0.05) is 18.8 Å². The van der Waals surface area contributed by atoms with Crippen molar-refractivity contribution in [1.29, 1.82) is 0 Å². The fraction of sp³-hybridized carbons (Fsp3) is 0.619. The summed E-state index contributed by atoms with van der Waals surface area (Å²) in [5, 5.41) is 3.37. The van der Waals surface area contributed by atoms with E-state index in [0.29, 0.717) is 12.6 Å². The molecule has 0 bridgehead atoms. The predicted molar refractivity (Wildman–Crippen MR) is 105 cm³/mol. The van der Waals surface area contributed by atoms with Crippen LogP contribution in [0.4, 0.5) is 5.69 Å². The average molecular weight is 370 g/mol. The summed E-state index contributed by atoms with van der Waals surface area (Å²) in [6, 6.07) is 10.1. The maximum atomic E-state index is 13.4. The van der Waals surface area contributed by atoms with E-state index in [9.17, 15) is 9.59 Å². The third-order valence-corrected chi connectivity index (χ3v) is 6.48. The summed E-state index contributed by atoms with van der Waals surface area (Å²) in [6.07, 6.45) is 3.69. The second-order valence-electron chi connectivity index (χ2n) is 8.25. The van der Waals surface area contributed by atoms with E-state index in [0.717, 1.165) is 57.5 Å². The van der Waals surface area contributed by atoms with E-state index in [1.807, 2.05) is 23.1 Å². The largest absolute Gasteiger partial charge is 0.341 e. The molecule has 3 aliphatic rings. The molecule has 0 saturated carbocycles. The minimum absolute atomic E-state index is 0.0919. The third-order valence-electron chi connectivity index (χ3n) is 6.48. The predicted octanol–water partition coefficient (Wildman–Crippen LogP) is 1.67. The number of amides is 2. The number of likely N-dealkylation sites (tertiary alicyclic amines) is 1. The second-order valence-corrected chi connectivity index (χ2v) is 8.25. The van der Waals surface area contributed by atoms with Crippen molar-refractivity contribution < 1.29 is 9.59 Å². The number of para-hydroxylation sites is 1. The molecule has 1 spiro atoms. The third kappa shape index (κ3) is 3.43. The van der Waals surface area contributed by atoms with Gasteiger partial charge < -0.3 is 20.0 Å². The van der Waals surface area contributed by atoms with E-state index in [1.165, 1.54) is 0 Å². The smallest absolute Gasteiger partial charge is 0.250 e. The Kier molecular flexibility index (Phi) is 5.08. The Bertz CT molecular complexity index is 679. The summed E-state index contributed by atoms with van der Waals surface area (Å²) in [6.45, 7) is 6.25. The molecule has 3 heterocycles. The highest BCUT2D eigenvalue weighted by Crippen LogP contribution is 2.38. The number of anilines is 1. The van der Waals surface area contributed by atoms with Crippen molar-refractivity contribution in [2.45, 2.75) is 38.1 Å². The zero-order valence-electron chi connectivity index (χ0n) is 16.2. The lowest BCUT2D eigenvalue weighted by Crippen LogP contribution is -2.56. The maximum Gasteiger partial charge on any atom is 0.250 e. The number of nitrogens with one attached hydrogen (secondary N) is 1. The van der Waals surface area contributed by atoms with Gasteiger partial charge in [0.1, 0.15) is 12.1 Å². The quantitative estimate of drug-likeness (QED) is 0.880. The fourth-order valence-corrected chi connectivity index (χ4v) is 4.68. The van der Waals surface area contributed by atoms with E-state index in [-0.39, 0.29) is 18.4 Å². The Labute approximate surface area is 161 Å². The van der Waals surface area contributed by atoms with Crippen molar-refractivity contribution in [3.63, 3.8) is 0 Å². The van der Waals surface area contributed by atoms with E-state index >= 15 is 0 Å². The van der Waals surface area contributed by atoms with Crippen molar-refractivity contribution in [3.8, 4) is 0 Å². The first-order valence-electron chi connectivity index (χ1n) is 10.2. The molecule has 0 atom stereocenters. The Balaban J connectivity index is 1.52. The highest BCUT2D eigenvalue weighted by molar-refractivity contribution is 5.96. The van der Waals surface area contributed by atoms with E-state index in [4.69, 9.17) is 0 Å². The van der Waals surface area contributed by atoms with Gasteiger partial charge in [-0.3, -0.25) is 9.59 Å². The molecule has 6 nitrogen and oxygen atoms in total. The zero-order chi connectivity index (χ0) is 18.9. The average Bonchev–Trinajstić information content (AvgIpc) is 2.96. The van der Waals surface area contributed by atoms with Gasteiger partial charge >= 0.3 is 0 Å². The molecule has 6 heteroatoms. The topological polar surface area (TPSA) is 55.9 Å². The molecule has 0 unspecified atom stereocenters. The van der Waals surface area contributed by atoms with Crippen LogP contribution in [0.3, 0.4) is 0 Å². The highest BCUT2D eigenvalue weighted by atomic mass is 16.2. The Hall–Kier alpha value is -2.08. The minimum atomic E-state index is -0.511. The summed E-state index contributed by atoms with van der Waals surface area (Å²) in [7, 11) is 0. The summed E-state index contributed by atoms with van der Waals surface area (Å²) in [5.74, 6) is 0.898. The first-order valence-corrected chi connectivity index (χ1v) is 10.2. The van der Waals surface area contributed by atoms with Gasteiger partial charge in [-0.2, -0.15) is 0 Å². The standard InChI is InChI=1S/C21H30N4O2/c1-17-7-13-23(14-8-17)19(26)15-24-16-25(18-5-3-2-4-6-18)21(20(24)27)9-11-22-12-10-21/h2-6,17,22H,7-16H2,1H3. The SMILES string of the molecule is CC1CCN(C(=O)CN2CN(c3ccccc3)C3(CCNCC3)C2=O)CC1. The van der Waals surface area contributed by atoms with Crippen LogP contribution in [0.5, 0.6) is 0 Å². The first kappa shape index (κ1) is 18.3. The van der Waals surface area contributed by atoms with Gasteiger partial charge in [0.25, 0.3) is 0 Å². The molecule has 1 aromatic rings. The van der Waals surface area contributed by atoms with Crippen molar-refractivity contribution in [2.75, 3.05) is 44.3 Å². The molecule has 0 aliphatic carbocycles. The van der Waals surface area contributed by atoms with E-state index in [2.05, 4.69) is 29.3 Å². The van der Waals surface area contributed by atoms with Gasteiger partial charge in [0.15, 0.2) is 0 Å². The molecule has 27 heavy (non-hydrogen) atoms. The van der Waals surface area contributed by atoms with Crippen LogP contribution in [0.1, 0.15) is 32.6 Å². The first-order chi connectivity index (χ1) is 13.1. The molecule has 0 radical (unpaired) electrons. The number of benzene rings is 1. The lowest BCUT2D eigenvalue weighted by Gasteiger charge is -2.40. The molecule has 1 N–H and O–H groups in total. The van der Waals surface area contributed by atoms with Gasteiger partial charge in [-0.15, -0.1) is 0 Å². The van der Waals surface area contributed by atoms with Gasteiger partial charge in [-0.1, -0.05) is 25.1 Å². The monoisotopic (exact) mass is 370 g/mol. The van der Waals surface area contributed by atoms with Crippen LogP contribution in [0.25, 0.3) is 0 Å². The number of piperidine rings is 2. The lowest BCUT2D eigenvalue weighted by molar-refractivity contribution is -0.141. The molecule has 1 aromatic carbocycles. The molecule has 146 valence electrons. The van der Waals surface area contributed by atoms with Crippen molar-refractivity contribution in [3.05, 3.63) is 30.3 Å². The van der Waals surface area contributed by atoms with E-state index in [1.54, 1.807) is 4.90 Å². The fourth-order valence-electron chi connectivity index (χ4n) is 4.68. The van der Waals surface area contributed by atoms with Crippen LogP contribution in [-0.4, -0.2) is 66.5 Å². The molecular weight excluding hydrogens is 340 g/mol. The minimum Gasteiger partial charge on any atom is -0.341 e. The van der Waals surface area contributed by atoms with Gasteiger partial charge in [0.2, 0.25) is 11.8 Å². The van der Waals surface area contributed by atoms with Gasteiger partial charge in [-0.25, -0.2) is 0 Å². The lowest BCUT2D eigenvalue weighted by atomic mass is 9.86.